The summed E-state index contributed by atoms with van der Waals surface area (Å²) in [6.07, 6.45) is 8.56. The highest BCUT2D eigenvalue weighted by Gasteiger charge is 1.95. The minimum atomic E-state index is 0.856. The van der Waals surface area contributed by atoms with Crippen molar-refractivity contribution in [3.8, 4) is 5.75 Å². The average Bonchev–Trinajstić information content (AvgIpc) is 2.19. The minimum absolute atomic E-state index is 0.856. The molecule has 0 spiro atoms. The van der Waals surface area contributed by atoms with Crippen LogP contribution in [-0.2, 0) is 6.42 Å². The van der Waals surface area contributed by atoms with Crippen LogP contribution in [0.3, 0.4) is 0 Å². The zero-order valence-electron chi connectivity index (χ0n) is 8.42. The van der Waals surface area contributed by atoms with E-state index in [9.17, 15) is 0 Å². The Labute approximate surface area is 80.0 Å². The van der Waals surface area contributed by atoms with Crippen LogP contribution in [0.2, 0.25) is 0 Å². The van der Waals surface area contributed by atoms with Crippen LogP contribution in [-0.4, -0.2) is 12.1 Å². The molecule has 0 aliphatic carbocycles. The molecule has 0 amide bonds. The van der Waals surface area contributed by atoms with Crippen molar-refractivity contribution < 1.29 is 4.74 Å². The molecule has 13 heavy (non-hydrogen) atoms. The van der Waals surface area contributed by atoms with Gasteiger partial charge in [0.2, 0.25) is 0 Å². The Morgan fingerprint density at radius 2 is 2.15 bits per heavy atom. The maximum absolute atomic E-state index is 5.10. The van der Waals surface area contributed by atoms with Gasteiger partial charge in [-0.2, -0.15) is 0 Å². The van der Waals surface area contributed by atoms with Crippen molar-refractivity contribution in [1.29, 1.82) is 0 Å². The van der Waals surface area contributed by atoms with Crippen molar-refractivity contribution in [2.24, 2.45) is 0 Å². The average molecular weight is 179 g/mol. The number of unbranched alkanes of at least 4 members (excludes halogenated alkanes) is 2. The maximum Gasteiger partial charge on any atom is 0.137 e. The first-order valence-electron chi connectivity index (χ1n) is 4.84. The highest BCUT2D eigenvalue weighted by Crippen LogP contribution is 2.12. The number of hydrogen-bond acceptors (Lipinski definition) is 2. The first kappa shape index (κ1) is 10.0. The van der Waals surface area contributed by atoms with Crippen LogP contribution >= 0.6 is 0 Å². The largest absolute Gasteiger partial charge is 0.495 e. The van der Waals surface area contributed by atoms with E-state index in [2.05, 4.69) is 18.0 Å². The van der Waals surface area contributed by atoms with Gasteiger partial charge in [0.05, 0.1) is 13.3 Å². The van der Waals surface area contributed by atoms with E-state index in [1.54, 1.807) is 13.3 Å². The van der Waals surface area contributed by atoms with Crippen LogP contribution in [0.15, 0.2) is 18.5 Å². The molecular formula is C11H17NO. The molecule has 0 saturated heterocycles. The summed E-state index contributed by atoms with van der Waals surface area (Å²) in [5, 5.41) is 0. The van der Waals surface area contributed by atoms with E-state index in [-0.39, 0.29) is 0 Å². The molecule has 1 aromatic rings. The Morgan fingerprint density at radius 3 is 2.85 bits per heavy atom. The predicted molar refractivity (Wildman–Crippen MR) is 54.0 cm³/mol. The third-order valence-electron chi connectivity index (χ3n) is 2.07. The van der Waals surface area contributed by atoms with Crippen molar-refractivity contribution in [2.45, 2.75) is 32.6 Å². The van der Waals surface area contributed by atoms with Crippen LogP contribution in [0.25, 0.3) is 0 Å². The third kappa shape index (κ3) is 3.45. The summed E-state index contributed by atoms with van der Waals surface area (Å²) in [5.41, 5.74) is 1.27. The number of hydrogen-bond donors (Lipinski definition) is 0. The van der Waals surface area contributed by atoms with Crippen molar-refractivity contribution >= 4 is 0 Å². The monoisotopic (exact) mass is 179 g/mol. The van der Waals surface area contributed by atoms with E-state index < -0.39 is 0 Å². The topological polar surface area (TPSA) is 22.1 Å². The van der Waals surface area contributed by atoms with Crippen LogP contribution in [0, 0.1) is 0 Å². The lowest BCUT2D eigenvalue weighted by Crippen LogP contribution is -1.90. The van der Waals surface area contributed by atoms with Gasteiger partial charge >= 0.3 is 0 Å². The Bertz CT molecular complexity index is 248. The van der Waals surface area contributed by atoms with Crippen molar-refractivity contribution in [3.05, 3.63) is 24.0 Å². The van der Waals surface area contributed by atoms with Crippen molar-refractivity contribution in [3.63, 3.8) is 0 Å². The van der Waals surface area contributed by atoms with E-state index in [0.29, 0.717) is 0 Å². The molecule has 1 rings (SSSR count). The molecule has 2 nitrogen and oxygen atoms in total. The quantitative estimate of drug-likeness (QED) is 0.648. The molecule has 0 radical (unpaired) electrons. The fourth-order valence-electron chi connectivity index (χ4n) is 1.29. The standard InChI is InChI=1S/C11H17NO/c1-3-4-5-6-10-7-11(13-2)9-12-8-10/h7-9H,3-6H2,1-2H3. The highest BCUT2D eigenvalue weighted by atomic mass is 16.5. The molecule has 0 atom stereocenters. The van der Waals surface area contributed by atoms with Gasteiger partial charge in [-0.3, -0.25) is 4.98 Å². The molecule has 0 aliphatic heterocycles. The molecule has 0 aromatic carbocycles. The number of rotatable bonds is 5. The van der Waals surface area contributed by atoms with Crippen LogP contribution < -0.4 is 4.74 Å². The number of methoxy groups -OCH3 is 1. The molecule has 0 fully saturated rings. The lowest BCUT2D eigenvalue weighted by molar-refractivity contribution is 0.412. The predicted octanol–water partition coefficient (Wildman–Crippen LogP) is 2.82. The van der Waals surface area contributed by atoms with Gasteiger partial charge in [-0.1, -0.05) is 19.8 Å². The van der Waals surface area contributed by atoms with Gasteiger partial charge in [-0.05, 0) is 24.5 Å². The zero-order chi connectivity index (χ0) is 9.52. The summed E-state index contributed by atoms with van der Waals surface area (Å²) in [4.78, 5) is 4.11. The summed E-state index contributed by atoms with van der Waals surface area (Å²) in [7, 11) is 1.67. The Morgan fingerprint density at radius 1 is 1.31 bits per heavy atom. The van der Waals surface area contributed by atoms with Gasteiger partial charge in [-0.25, -0.2) is 0 Å². The number of ether oxygens (including phenoxy) is 1. The molecule has 0 bridgehead atoms. The molecule has 72 valence electrons. The molecule has 2 heteroatoms. The third-order valence-corrected chi connectivity index (χ3v) is 2.07. The van der Waals surface area contributed by atoms with Gasteiger partial charge in [0.25, 0.3) is 0 Å². The van der Waals surface area contributed by atoms with Gasteiger partial charge in [0, 0.05) is 6.20 Å². The number of aromatic nitrogens is 1. The Hall–Kier alpha value is -1.05. The second-order valence-corrected chi connectivity index (χ2v) is 3.19. The lowest BCUT2D eigenvalue weighted by Gasteiger charge is -2.02. The SMILES string of the molecule is CCCCCc1cncc(OC)c1. The number of aryl methyl sites for hydroxylation is 1. The summed E-state index contributed by atoms with van der Waals surface area (Å²) in [5.74, 6) is 0.856. The summed E-state index contributed by atoms with van der Waals surface area (Å²) in [6, 6.07) is 2.06. The summed E-state index contributed by atoms with van der Waals surface area (Å²) >= 11 is 0. The first-order valence-corrected chi connectivity index (χ1v) is 4.84. The molecule has 1 aromatic heterocycles. The van der Waals surface area contributed by atoms with Crippen LogP contribution in [0.5, 0.6) is 5.75 Å². The van der Waals surface area contributed by atoms with Crippen molar-refractivity contribution in [2.75, 3.05) is 7.11 Å². The van der Waals surface area contributed by atoms with Crippen LogP contribution in [0.4, 0.5) is 0 Å². The fraction of sp³-hybridized carbons (Fsp3) is 0.545. The maximum atomic E-state index is 5.10. The van der Waals surface area contributed by atoms with Gasteiger partial charge in [0.1, 0.15) is 5.75 Å². The molecular weight excluding hydrogens is 162 g/mol. The summed E-state index contributed by atoms with van der Waals surface area (Å²) in [6.45, 7) is 2.21. The second kappa shape index (κ2) is 5.57. The normalized spacial score (nSPS) is 10.0. The number of pyridine rings is 1. The Kier molecular flexibility index (Phi) is 4.30. The highest BCUT2D eigenvalue weighted by molar-refractivity contribution is 5.23. The van der Waals surface area contributed by atoms with E-state index in [4.69, 9.17) is 4.74 Å². The molecule has 1 heterocycles. The fourth-order valence-corrected chi connectivity index (χ4v) is 1.29. The lowest BCUT2D eigenvalue weighted by atomic mass is 10.1. The summed E-state index contributed by atoms with van der Waals surface area (Å²) < 4.78 is 5.10. The smallest absolute Gasteiger partial charge is 0.137 e. The molecule has 0 unspecified atom stereocenters. The number of nitrogens with zero attached hydrogens (tertiary/aromatic N) is 1. The Balaban J connectivity index is 2.46. The molecule has 0 N–H and O–H groups in total. The zero-order valence-corrected chi connectivity index (χ0v) is 8.42. The van der Waals surface area contributed by atoms with Gasteiger partial charge < -0.3 is 4.74 Å². The van der Waals surface area contributed by atoms with Crippen molar-refractivity contribution in [1.82, 2.24) is 4.98 Å². The second-order valence-electron chi connectivity index (χ2n) is 3.19. The molecule has 0 aliphatic rings. The minimum Gasteiger partial charge on any atom is -0.495 e. The molecule has 0 saturated carbocycles. The van der Waals surface area contributed by atoms with E-state index in [1.807, 2.05) is 6.20 Å². The van der Waals surface area contributed by atoms with Gasteiger partial charge in [-0.15, -0.1) is 0 Å². The van der Waals surface area contributed by atoms with E-state index >= 15 is 0 Å². The van der Waals surface area contributed by atoms with Gasteiger partial charge in [0.15, 0.2) is 0 Å². The van der Waals surface area contributed by atoms with Crippen LogP contribution in [0.1, 0.15) is 31.7 Å². The van der Waals surface area contributed by atoms with E-state index in [1.165, 1.54) is 24.8 Å². The first-order chi connectivity index (χ1) is 6.36. The van der Waals surface area contributed by atoms with E-state index in [0.717, 1.165) is 12.2 Å².